The van der Waals surface area contributed by atoms with Crippen molar-refractivity contribution in [3.05, 3.63) is 23.5 Å². The van der Waals surface area contributed by atoms with E-state index < -0.39 is 23.5 Å². The molecule has 0 bridgehead atoms. The van der Waals surface area contributed by atoms with E-state index in [0.29, 0.717) is 25.2 Å². The molecule has 2 aliphatic rings. The number of hydrogen-bond donors (Lipinski definition) is 3. The molecular weight excluding hydrogens is 353 g/mol. The molecule has 1 atom stereocenters. The highest BCUT2D eigenvalue weighted by Crippen LogP contribution is 2.35. The molecule has 1 heterocycles. The van der Waals surface area contributed by atoms with Crippen molar-refractivity contribution >= 4 is 23.4 Å². The number of anilines is 2. The molecule has 2 fully saturated rings. The molecule has 1 unspecified atom stereocenters. The minimum Gasteiger partial charge on any atom is -0.478 e. The van der Waals surface area contributed by atoms with Gasteiger partial charge in [0.05, 0.1) is 23.0 Å². The van der Waals surface area contributed by atoms with Crippen molar-refractivity contribution in [2.24, 2.45) is 0 Å². The van der Waals surface area contributed by atoms with Crippen LogP contribution >= 0.6 is 0 Å². The van der Waals surface area contributed by atoms with Gasteiger partial charge >= 0.3 is 12.1 Å². The lowest BCUT2D eigenvalue weighted by Gasteiger charge is -2.23. The number of nitrogens with zero attached hydrogens (tertiary/aromatic N) is 1. The zero-order chi connectivity index (χ0) is 19.8. The summed E-state index contributed by atoms with van der Waals surface area (Å²) in [7, 11) is 0. The summed E-state index contributed by atoms with van der Waals surface area (Å²) in [5, 5.41) is 15.1. The fourth-order valence-electron chi connectivity index (χ4n) is 3.13. The van der Waals surface area contributed by atoms with Gasteiger partial charge < -0.3 is 25.4 Å². The number of rotatable bonds is 5. The second-order valence-corrected chi connectivity index (χ2v) is 8.12. The number of amides is 1. The lowest BCUT2D eigenvalue weighted by molar-refractivity contribution is 0.0508. The first-order valence-corrected chi connectivity index (χ1v) is 9.21. The van der Waals surface area contributed by atoms with Crippen LogP contribution in [0.1, 0.15) is 50.4 Å². The Morgan fingerprint density at radius 1 is 1.22 bits per heavy atom. The molecular formula is C19H26FN3O4. The quantitative estimate of drug-likeness (QED) is 0.728. The molecule has 1 saturated carbocycles. The van der Waals surface area contributed by atoms with E-state index in [2.05, 4.69) is 10.6 Å². The number of aromatic carboxylic acids is 1. The summed E-state index contributed by atoms with van der Waals surface area (Å²) in [6, 6.07) is 2.90. The van der Waals surface area contributed by atoms with Crippen LogP contribution in [0, 0.1) is 5.82 Å². The van der Waals surface area contributed by atoms with Gasteiger partial charge in [-0.05, 0) is 52.2 Å². The average molecular weight is 379 g/mol. The first kappa shape index (κ1) is 19.3. The highest BCUT2D eigenvalue weighted by Gasteiger charge is 2.31. The maximum absolute atomic E-state index is 15.1. The zero-order valence-corrected chi connectivity index (χ0v) is 15.8. The minimum atomic E-state index is -1.16. The molecule has 1 aromatic carbocycles. The summed E-state index contributed by atoms with van der Waals surface area (Å²) in [6.45, 7) is 6.38. The summed E-state index contributed by atoms with van der Waals surface area (Å²) in [5.74, 6) is -1.71. The van der Waals surface area contributed by atoms with E-state index in [9.17, 15) is 14.7 Å². The molecule has 0 spiro atoms. The maximum Gasteiger partial charge on any atom is 0.407 e. The van der Waals surface area contributed by atoms with Crippen LogP contribution < -0.4 is 15.5 Å². The molecule has 7 nitrogen and oxygen atoms in total. The normalized spacial score (nSPS) is 19.7. The van der Waals surface area contributed by atoms with Crippen molar-refractivity contribution in [1.82, 2.24) is 5.32 Å². The van der Waals surface area contributed by atoms with E-state index in [0.717, 1.165) is 12.8 Å². The van der Waals surface area contributed by atoms with Crippen LogP contribution in [0.2, 0.25) is 0 Å². The summed E-state index contributed by atoms with van der Waals surface area (Å²) in [4.78, 5) is 25.2. The molecule has 8 heteroatoms. The molecule has 27 heavy (non-hydrogen) atoms. The van der Waals surface area contributed by atoms with E-state index in [1.165, 1.54) is 12.1 Å². The Labute approximate surface area is 157 Å². The van der Waals surface area contributed by atoms with Crippen molar-refractivity contribution in [2.45, 2.75) is 57.7 Å². The van der Waals surface area contributed by atoms with Crippen LogP contribution in [-0.2, 0) is 4.74 Å². The van der Waals surface area contributed by atoms with Crippen molar-refractivity contribution in [3.63, 3.8) is 0 Å². The van der Waals surface area contributed by atoms with Gasteiger partial charge in [-0.1, -0.05) is 0 Å². The van der Waals surface area contributed by atoms with E-state index >= 15 is 4.39 Å². The lowest BCUT2D eigenvalue weighted by Crippen LogP contribution is -2.40. The smallest absolute Gasteiger partial charge is 0.407 e. The molecule has 1 amide bonds. The van der Waals surface area contributed by atoms with Gasteiger partial charge in [-0.15, -0.1) is 0 Å². The van der Waals surface area contributed by atoms with Crippen molar-refractivity contribution in [1.29, 1.82) is 0 Å². The fourth-order valence-corrected chi connectivity index (χ4v) is 3.13. The largest absolute Gasteiger partial charge is 0.478 e. The standard InChI is InChI=1S/C19H26FN3O4/c1-19(2,3)27-18(26)22-12-8-9-23(10-12)14-7-6-13(17(24)25)16(15(14)20)21-11-4-5-11/h6-7,11-12,21H,4-5,8-10H2,1-3H3,(H,22,26)(H,24,25). The molecule has 1 aliphatic carbocycles. The Kier molecular flexibility index (Phi) is 5.17. The lowest BCUT2D eigenvalue weighted by atomic mass is 10.1. The molecule has 1 aromatic rings. The van der Waals surface area contributed by atoms with Crippen molar-refractivity contribution in [2.75, 3.05) is 23.3 Å². The zero-order valence-electron chi connectivity index (χ0n) is 15.8. The molecule has 0 aromatic heterocycles. The Hall–Kier alpha value is -2.51. The Morgan fingerprint density at radius 2 is 1.93 bits per heavy atom. The number of hydrogen-bond acceptors (Lipinski definition) is 5. The van der Waals surface area contributed by atoms with Gasteiger partial charge in [-0.2, -0.15) is 0 Å². The molecule has 3 N–H and O–H groups in total. The summed E-state index contributed by atoms with van der Waals surface area (Å²) >= 11 is 0. The first-order chi connectivity index (χ1) is 12.6. The Balaban J connectivity index is 1.71. The van der Waals surface area contributed by atoms with E-state index in [-0.39, 0.29) is 23.3 Å². The van der Waals surface area contributed by atoms with Gasteiger partial charge in [0, 0.05) is 19.1 Å². The average Bonchev–Trinajstić information content (AvgIpc) is 3.24. The van der Waals surface area contributed by atoms with E-state index in [4.69, 9.17) is 4.74 Å². The molecule has 1 saturated heterocycles. The number of carbonyl (C=O) groups is 2. The topological polar surface area (TPSA) is 90.9 Å². The van der Waals surface area contributed by atoms with Crippen molar-refractivity contribution in [3.8, 4) is 0 Å². The number of alkyl carbamates (subject to hydrolysis) is 1. The highest BCUT2D eigenvalue weighted by atomic mass is 19.1. The SMILES string of the molecule is CC(C)(C)OC(=O)NC1CCN(c2ccc(C(=O)O)c(NC3CC3)c2F)C1. The van der Waals surface area contributed by atoms with Gasteiger partial charge in [0.25, 0.3) is 0 Å². The number of carboxylic acids is 1. The van der Waals surface area contributed by atoms with Crippen LogP contribution in [-0.4, -0.2) is 47.9 Å². The third-order valence-corrected chi connectivity index (χ3v) is 4.53. The summed E-state index contributed by atoms with van der Waals surface area (Å²) in [5.41, 5.74) is -0.252. The minimum absolute atomic E-state index is 0.0473. The Morgan fingerprint density at radius 3 is 2.52 bits per heavy atom. The van der Waals surface area contributed by atoms with Crippen LogP contribution in [0.5, 0.6) is 0 Å². The number of carbonyl (C=O) groups excluding carboxylic acids is 1. The first-order valence-electron chi connectivity index (χ1n) is 9.21. The predicted molar refractivity (Wildman–Crippen MR) is 100.0 cm³/mol. The van der Waals surface area contributed by atoms with Crippen LogP contribution in [0.25, 0.3) is 0 Å². The number of benzene rings is 1. The second-order valence-electron chi connectivity index (χ2n) is 8.12. The number of halogens is 1. The van der Waals surface area contributed by atoms with Crippen LogP contribution in [0.4, 0.5) is 20.6 Å². The van der Waals surface area contributed by atoms with Gasteiger partial charge in [0.1, 0.15) is 5.60 Å². The van der Waals surface area contributed by atoms with Gasteiger partial charge in [0.2, 0.25) is 0 Å². The second kappa shape index (κ2) is 7.25. The third kappa shape index (κ3) is 4.81. The van der Waals surface area contributed by atoms with E-state index in [1.54, 1.807) is 20.8 Å². The van der Waals surface area contributed by atoms with Crippen LogP contribution in [0.3, 0.4) is 0 Å². The predicted octanol–water partition coefficient (Wildman–Crippen LogP) is 3.20. The summed E-state index contributed by atoms with van der Waals surface area (Å²) < 4.78 is 20.3. The molecule has 148 valence electrons. The van der Waals surface area contributed by atoms with E-state index in [1.807, 2.05) is 4.90 Å². The maximum atomic E-state index is 15.1. The van der Waals surface area contributed by atoms with Crippen molar-refractivity contribution < 1.29 is 23.8 Å². The Bertz CT molecular complexity index is 743. The number of ether oxygens (including phenoxy) is 1. The summed E-state index contributed by atoms with van der Waals surface area (Å²) in [6.07, 6.45) is 1.99. The monoisotopic (exact) mass is 379 g/mol. The number of carboxylic acid groups (broad SMARTS) is 1. The fraction of sp³-hybridized carbons (Fsp3) is 0.579. The molecule has 3 rings (SSSR count). The molecule has 1 aliphatic heterocycles. The van der Waals surface area contributed by atoms with Gasteiger partial charge in [-0.25, -0.2) is 14.0 Å². The third-order valence-electron chi connectivity index (χ3n) is 4.53. The van der Waals surface area contributed by atoms with Gasteiger partial charge in [-0.3, -0.25) is 0 Å². The van der Waals surface area contributed by atoms with Crippen LogP contribution in [0.15, 0.2) is 12.1 Å². The van der Waals surface area contributed by atoms with Gasteiger partial charge in [0.15, 0.2) is 5.82 Å². The highest BCUT2D eigenvalue weighted by molar-refractivity contribution is 5.95. The molecule has 0 radical (unpaired) electrons. The number of nitrogens with one attached hydrogen (secondary N) is 2.